The zero-order chi connectivity index (χ0) is 14.5. The van der Waals surface area contributed by atoms with Crippen molar-refractivity contribution >= 4 is 11.9 Å². The highest BCUT2D eigenvalue weighted by Gasteiger charge is 2.31. The molecule has 0 saturated heterocycles. The lowest BCUT2D eigenvalue weighted by Crippen LogP contribution is -2.48. The van der Waals surface area contributed by atoms with E-state index in [4.69, 9.17) is 35.0 Å². The number of para-hydroxylation sites is 2. The van der Waals surface area contributed by atoms with Crippen molar-refractivity contribution < 1.29 is 29.3 Å². The first-order chi connectivity index (χ1) is 8.88. The van der Waals surface area contributed by atoms with Gasteiger partial charge in [-0.3, -0.25) is 0 Å². The lowest BCUT2D eigenvalue weighted by Gasteiger charge is -2.34. The molecular weight excluding hydrogens is 254 g/mol. The number of hydrogen-bond donors (Lipinski definition) is 3. The van der Waals surface area contributed by atoms with Crippen LogP contribution in [0.15, 0.2) is 24.3 Å². The maximum atomic E-state index is 9.10. The van der Waals surface area contributed by atoms with Crippen molar-refractivity contribution in [1.82, 2.24) is 0 Å². The van der Waals surface area contributed by atoms with Crippen LogP contribution in [0.3, 0.4) is 0 Å². The summed E-state index contributed by atoms with van der Waals surface area (Å²) >= 11 is 0. The van der Waals surface area contributed by atoms with Gasteiger partial charge in [0.25, 0.3) is 0 Å². The lowest BCUT2D eigenvalue weighted by molar-refractivity contribution is -0.159. The molecule has 7 heteroatoms. The van der Waals surface area contributed by atoms with Crippen LogP contribution in [0.4, 0.5) is 0 Å². The van der Waals surface area contributed by atoms with Crippen LogP contribution in [-0.2, 0) is 9.59 Å². The van der Waals surface area contributed by atoms with Gasteiger partial charge in [0.05, 0.1) is 0 Å². The molecule has 1 heterocycles. The maximum absolute atomic E-state index is 9.10. The van der Waals surface area contributed by atoms with E-state index in [-0.39, 0.29) is 5.60 Å². The van der Waals surface area contributed by atoms with Gasteiger partial charge in [-0.15, -0.1) is 0 Å². The molecule has 0 saturated carbocycles. The average molecular weight is 269 g/mol. The molecule has 0 aliphatic carbocycles. The van der Waals surface area contributed by atoms with Crippen LogP contribution in [0.25, 0.3) is 0 Å². The molecule has 0 spiro atoms. The average Bonchev–Trinajstić information content (AvgIpc) is 2.39. The predicted molar refractivity (Wildman–Crippen MR) is 65.3 cm³/mol. The Morgan fingerprint density at radius 2 is 1.79 bits per heavy atom. The minimum atomic E-state index is -1.82. The second kappa shape index (κ2) is 6.05. The van der Waals surface area contributed by atoms with Crippen LogP contribution >= 0.6 is 0 Å². The Balaban J connectivity index is 0.000000258. The van der Waals surface area contributed by atoms with Crippen LogP contribution in [0.1, 0.15) is 6.92 Å². The van der Waals surface area contributed by atoms with Gasteiger partial charge in [-0.05, 0) is 19.1 Å². The van der Waals surface area contributed by atoms with Crippen LogP contribution in [0.2, 0.25) is 0 Å². The van der Waals surface area contributed by atoms with Gasteiger partial charge in [0.1, 0.15) is 6.61 Å². The second-order valence-electron chi connectivity index (χ2n) is 4.10. The van der Waals surface area contributed by atoms with Crippen molar-refractivity contribution in [3.63, 3.8) is 0 Å². The van der Waals surface area contributed by atoms with Crippen LogP contribution in [-0.4, -0.2) is 40.9 Å². The summed E-state index contributed by atoms with van der Waals surface area (Å²) in [7, 11) is 0. The van der Waals surface area contributed by atoms with Gasteiger partial charge in [0.15, 0.2) is 17.1 Å². The van der Waals surface area contributed by atoms with Crippen LogP contribution in [0, 0.1) is 0 Å². The quantitative estimate of drug-likeness (QED) is 0.628. The number of rotatable bonds is 1. The fourth-order valence-corrected chi connectivity index (χ4v) is 1.28. The summed E-state index contributed by atoms with van der Waals surface area (Å²) in [6.07, 6.45) is 0. The number of ether oxygens (including phenoxy) is 2. The Kier molecular flexibility index (Phi) is 4.71. The molecule has 1 aliphatic heterocycles. The standard InChI is InChI=1S/C10H13NO2.C2H2O4/c1-10(6-11)7-12-8-4-2-3-5-9(8)13-10;3-1(4)2(5)6/h2-5H,6-7,11H2,1H3;(H,3,4)(H,5,6). The number of hydrogen-bond acceptors (Lipinski definition) is 5. The molecule has 0 bridgehead atoms. The summed E-state index contributed by atoms with van der Waals surface area (Å²) in [6.45, 7) is 2.92. The Morgan fingerprint density at radius 1 is 1.26 bits per heavy atom. The van der Waals surface area contributed by atoms with Crippen LogP contribution in [0.5, 0.6) is 11.5 Å². The molecule has 1 aromatic carbocycles. The van der Waals surface area contributed by atoms with E-state index >= 15 is 0 Å². The highest BCUT2D eigenvalue weighted by Crippen LogP contribution is 2.34. The monoisotopic (exact) mass is 269 g/mol. The topological polar surface area (TPSA) is 119 Å². The van der Waals surface area contributed by atoms with Crippen molar-refractivity contribution in [3.8, 4) is 11.5 Å². The third-order valence-electron chi connectivity index (χ3n) is 2.35. The molecule has 0 aromatic heterocycles. The molecule has 7 nitrogen and oxygen atoms in total. The van der Waals surface area contributed by atoms with Gasteiger partial charge in [-0.2, -0.15) is 0 Å². The normalized spacial score (nSPS) is 19.9. The van der Waals surface area contributed by atoms with Gasteiger partial charge in [-0.1, -0.05) is 12.1 Å². The zero-order valence-electron chi connectivity index (χ0n) is 10.3. The largest absolute Gasteiger partial charge is 0.485 e. The highest BCUT2D eigenvalue weighted by molar-refractivity contribution is 6.27. The third kappa shape index (κ3) is 4.14. The van der Waals surface area contributed by atoms with Crippen molar-refractivity contribution in [2.75, 3.05) is 13.2 Å². The van der Waals surface area contributed by atoms with Gasteiger partial charge in [0, 0.05) is 6.54 Å². The zero-order valence-corrected chi connectivity index (χ0v) is 10.3. The molecule has 1 aliphatic rings. The summed E-state index contributed by atoms with van der Waals surface area (Å²) in [5.74, 6) is -2.07. The number of carboxylic acid groups (broad SMARTS) is 2. The molecule has 1 unspecified atom stereocenters. The summed E-state index contributed by atoms with van der Waals surface area (Å²) in [4.78, 5) is 18.2. The second-order valence-corrected chi connectivity index (χ2v) is 4.10. The molecule has 19 heavy (non-hydrogen) atoms. The molecule has 0 radical (unpaired) electrons. The van der Waals surface area contributed by atoms with E-state index in [1.165, 1.54) is 0 Å². The minimum absolute atomic E-state index is 0.381. The van der Waals surface area contributed by atoms with E-state index in [1.54, 1.807) is 0 Å². The van der Waals surface area contributed by atoms with Gasteiger partial charge < -0.3 is 25.4 Å². The number of nitrogens with two attached hydrogens (primary N) is 1. The van der Waals surface area contributed by atoms with E-state index in [0.717, 1.165) is 11.5 Å². The summed E-state index contributed by atoms with van der Waals surface area (Å²) < 4.78 is 11.2. The molecule has 4 N–H and O–H groups in total. The number of carbonyl (C=O) groups is 2. The number of fused-ring (bicyclic) bond motifs is 1. The smallest absolute Gasteiger partial charge is 0.414 e. The number of benzene rings is 1. The Morgan fingerprint density at radius 3 is 2.26 bits per heavy atom. The fourth-order valence-electron chi connectivity index (χ4n) is 1.28. The van der Waals surface area contributed by atoms with Crippen LogP contribution < -0.4 is 15.2 Å². The molecular formula is C12H15NO6. The summed E-state index contributed by atoms with van der Waals surface area (Å²) in [5, 5.41) is 14.8. The van der Waals surface area contributed by atoms with E-state index in [9.17, 15) is 0 Å². The Bertz CT molecular complexity index is 463. The number of carboxylic acids is 2. The molecule has 1 atom stereocenters. The van der Waals surface area contributed by atoms with Gasteiger partial charge in [0.2, 0.25) is 0 Å². The lowest BCUT2D eigenvalue weighted by atomic mass is 10.1. The van der Waals surface area contributed by atoms with Gasteiger partial charge >= 0.3 is 11.9 Å². The summed E-state index contributed by atoms with van der Waals surface area (Å²) in [5.41, 5.74) is 5.21. The first-order valence-corrected chi connectivity index (χ1v) is 5.45. The first kappa shape index (κ1) is 14.8. The molecule has 2 rings (SSSR count). The molecule has 104 valence electrons. The molecule has 0 fully saturated rings. The maximum Gasteiger partial charge on any atom is 0.414 e. The van der Waals surface area contributed by atoms with E-state index < -0.39 is 11.9 Å². The van der Waals surface area contributed by atoms with E-state index in [1.807, 2.05) is 31.2 Å². The van der Waals surface area contributed by atoms with E-state index in [0.29, 0.717) is 13.2 Å². The Labute approximate surface area is 109 Å². The van der Waals surface area contributed by atoms with E-state index in [2.05, 4.69) is 0 Å². The van der Waals surface area contributed by atoms with Crippen molar-refractivity contribution in [1.29, 1.82) is 0 Å². The minimum Gasteiger partial charge on any atom is -0.485 e. The molecule has 0 amide bonds. The SMILES string of the molecule is CC1(CN)COc2ccccc2O1.O=C(O)C(=O)O. The van der Waals surface area contributed by atoms with Crippen molar-refractivity contribution in [2.24, 2.45) is 5.73 Å². The summed E-state index contributed by atoms with van der Waals surface area (Å²) in [6, 6.07) is 7.63. The van der Waals surface area contributed by atoms with Crippen molar-refractivity contribution in [2.45, 2.75) is 12.5 Å². The Hall–Kier alpha value is -2.28. The highest BCUT2D eigenvalue weighted by atomic mass is 16.6. The first-order valence-electron chi connectivity index (χ1n) is 5.45. The van der Waals surface area contributed by atoms with Gasteiger partial charge in [-0.25, -0.2) is 9.59 Å². The number of aliphatic carboxylic acids is 2. The third-order valence-corrected chi connectivity index (χ3v) is 2.35. The molecule has 1 aromatic rings. The fraction of sp³-hybridized carbons (Fsp3) is 0.333. The predicted octanol–water partition coefficient (Wildman–Crippen LogP) is 0.331. The van der Waals surface area contributed by atoms with Crippen molar-refractivity contribution in [3.05, 3.63) is 24.3 Å².